The fourth-order valence-electron chi connectivity index (χ4n) is 5.10. The van der Waals surface area contributed by atoms with Crippen molar-refractivity contribution in [3.63, 3.8) is 0 Å². The molecule has 1 aliphatic heterocycles. The van der Waals surface area contributed by atoms with Gasteiger partial charge in [0.2, 0.25) is 0 Å². The van der Waals surface area contributed by atoms with E-state index in [2.05, 4.69) is 45.9 Å². The Morgan fingerprint density at radius 1 is 1.16 bits per heavy atom. The molecule has 164 valence electrons. The zero-order valence-electron chi connectivity index (χ0n) is 19.2. The zero-order valence-corrected chi connectivity index (χ0v) is 19.2. The van der Waals surface area contributed by atoms with Gasteiger partial charge in [-0.25, -0.2) is 4.79 Å². The van der Waals surface area contributed by atoms with Crippen LogP contribution in [0.4, 0.5) is 0 Å². The van der Waals surface area contributed by atoms with E-state index in [1.165, 1.54) is 24.0 Å². The average molecular weight is 419 g/mol. The van der Waals surface area contributed by atoms with Gasteiger partial charge in [0.15, 0.2) is 0 Å². The highest BCUT2D eigenvalue weighted by Crippen LogP contribution is 2.53. The van der Waals surface area contributed by atoms with Crippen molar-refractivity contribution in [2.75, 3.05) is 0 Å². The molecule has 0 spiro atoms. The van der Waals surface area contributed by atoms with Gasteiger partial charge in [0.05, 0.1) is 5.56 Å². The van der Waals surface area contributed by atoms with Crippen molar-refractivity contribution in [3.05, 3.63) is 70.8 Å². The first-order valence-electron chi connectivity index (χ1n) is 11.7. The van der Waals surface area contributed by atoms with Gasteiger partial charge in [-0.05, 0) is 76.3 Å². The predicted molar refractivity (Wildman–Crippen MR) is 125 cm³/mol. The van der Waals surface area contributed by atoms with Crippen molar-refractivity contribution in [2.24, 2.45) is 5.92 Å². The van der Waals surface area contributed by atoms with Crippen LogP contribution in [0.2, 0.25) is 0 Å². The van der Waals surface area contributed by atoms with Gasteiger partial charge in [-0.1, -0.05) is 49.6 Å². The minimum atomic E-state index is -0.314. The summed E-state index contributed by atoms with van der Waals surface area (Å²) in [4.78, 5) is 12.9. The number of allylic oxidation sites excluding steroid dienone is 2. The van der Waals surface area contributed by atoms with Crippen LogP contribution in [-0.2, 0) is 6.42 Å². The first kappa shape index (κ1) is 21.7. The second-order valence-electron chi connectivity index (χ2n) is 9.61. The summed E-state index contributed by atoms with van der Waals surface area (Å²) in [5, 5.41) is 0. The van der Waals surface area contributed by atoms with Crippen molar-refractivity contribution >= 4 is 5.97 Å². The third-order valence-corrected chi connectivity index (χ3v) is 6.79. The van der Waals surface area contributed by atoms with Crippen LogP contribution in [0.15, 0.2) is 54.1 Å². The van der Waals surface area contributed by atoms with Crippen LogP contribution >= 0.6 is 0 Å². The summed E-state index contributed by atoms with van der Waals surface area (Å²) in [6.07, 6.45) is 9.00. The normalized spacial score (nSPS) is 21.4. The number of benzene rings is 2. The molecule has 0 radical (unpaired) electrons. The van der Waals surface area contributed by atoms with Gasteiger partial charge in [0.25, 0.3) is 0 Å². The van der Waals surface area contributed by atoms with Crippen molar-refractivity contribution in [1.29, 1.82) is 0 Å². The molecular formula is C28H34O3. The number of esters is 1. The van der Waals surface area contributed by atoms with Gasteiger partial charge in [-0.15, -0.1) is 0 Å². The summed E-state index contributed by atoms with van der Waals surface area (Å²) < 4.78 is 12.6. The van der Waals surface area contributed by atoms with Gasteiger partial charge < -0.3 is 9.47 Å². The maximum absolute atomic E-state index is 12.9. The number of carbonyl (C=O) groups is 1. The molecule has 3 heteroatoms. The monoisotopic (exact) mass is 418 g/mol. The van der Waals surface area contributed by atoms with Crippen LogP contribution in [0.5, 0.6) is 11.5 Å². The molecule has 2 unspecified atom stereocenters. The molecular weight excluding hydrogens is 384 g/mol. The molecule has 0 saturated carbocycles. The Balaban J connectivity index is 1.78. The van der Waals surface area contributed by atoms with Crippen LogP contribution in [0.25, 0.3) is 0 Å². The lowest BCUT2D eigenvalue weighted by atomic mass is 9.68. The minimum absolute atomic E-state index is 0.204. The van der Waals surface area contributed by atoms with Gasteiger partial charge in [-0.2, -0.15) is 0 Å². The van der Waals surface area contributed by atoms with Crippen LogP contribution in [-0.4, -0.2) is 11.6 Å². The van der Waals surface area contributed by atoms with Crippen LogP contribution in [0.3, 0.4) is 0 Å². The maximum atomic E-state index is 12.9. The van der Waals surface area contributed by atoms with Gasteiger partial charge in [-0.3, -0.25) is 0 Å². The lowest BCUT2D eigenvalue weighted by molar-refractivity contribution is 0.0106. The summed E-state index contributed by atoms with van der Waals surface area (Å²) >= 11 is 0. The smallest absolute Gasteiger partial charge is 0.343 e. The van der Waals surface area contributed by atoms with E-state index in [1.807, 2.05) is 18.2 Å². The van der Waals surface area contributed by atoms with E-state index in [9.17, 15) is 4.79 Å². The highest BCUT2D eigenvalue weighted by Gasteiger charge is 2.45. The summed E-state index contributed by atoms with van der Waals surface area (Å²) in [7, 11) is 0. The lowest BCUT2D eigenvalue weighted by Crippen LogP contribution is -2.45. The fourth-order valence-corrected chi connectivity index (χ4v) is 5.10. The van der Waals surface area contributed by atoms with Gasteiger partial charge in [0.1, 0.15) is 17.1 Å². The number of hydrogen-bond acceptors (Lipinski definition) is 3. The third-order valence-electron chi connectivity index (χ3n) is 6.79. The molecule has 3 nitrogen and oxygen atoms in total. The van der Waals surface area contributed by atoms with E-state index in [0.29, 0.717) is 17.2 Å². The zero-order chi connectivity index (χ0) is 22.0. The van der Waals surface area contributed by atoms with Gasteiger partial charge in [0, 0.05) is 17.4 Å². The van der Waals surface area contributed by atoms with E-state index in [-0.39, 0.29) is 17.5 Å². The molecule has 0 saturated heterocycles. The van der Waals surface area contributed by atoms with E-state index in [4.69, 9.17) is 9.47 Å². The third kappa shape index (κ3) is 4.56. The Kier molecular flexibility index (Phi) is 6.22. The van der Waals surface area contributed by atoms with Crippen LogP contribution < -0.4 is 9.47 Å². The number of rotatable bonds is 6. The van der Waals surface area contributed by atoms with Crippen molar-refractivity contribution in [1.82, 2.24) is 0 Å². The predicted octanol–water partition coefficient (Wildman–Crippen LogP) is 7.25. The van der Waals surface area contributed by atoms with E-state index in [1.54, 1.807) is 12.1 Å². The maximum Gasteiger partial charge on any atom is 0.343 e. The molecule has 2 aromatic rings. The first-order chi connectivity index (χ1) is 14.9. The van der Waals surface area contributed by atoms with Crippen LogP contribution in [0.1, 0.15) is 87.2 Å². The van der Waals surface area contributed by atoms with Crippen molar-refractivity contribution < 1.29 is 14.3 Å². The average Bonchev–Trinajstić information content (AvgIpc) is 2.73. The lowest BCUT2D eigenvalue weighted by Gasteiger charge is -2.46. The molecule has 2 aromatic carbocycles. The second kappa shape index (κ2) is 8.90. The highest BCUT2D eigenvalue weighted by molar-refractivity contribution is 5.91. The van der Waals surface area contributed by atoms with Crippen molar-refractivity contribution in [3.8, 4) is 11.5 Å². The number of aryl methyl sites for hydroxylation is 1. The summed E-state index contributed by atoms with van der Waals surface area (Å²) in [5.41, 5.74) is 3.92. The summed E-state index contributed by atoms with van der Waals surface area (Å²) in [6, 6.07) is 13.5. The number of hydrogen-bond donors (Lipinski definition) is 0. The largest absolute Gasteiger partial charge is 0.487 e. The Hall–Kier alpha value is -2.55. The Labute approximate surface area is 186 Å². The van der Waals surface area contributed by atoms with E-state index >= 15 is 0 Å². The Bertz CT molecular complexity index is 971. The topological polar surface area (TPSA) is 35.5 Å². The molecule has 1 aliphatic carbocycles. The molecule has 4 rings (SSSR count). The van der Waals surface area contributed by atoms with Gasteiger partial charge >= 0.3 is 5.97 Å². The SMILES string of the molecule is CCCCCc1cc(OC(=O)c2ccccc2)c2c(c1)OC(C)(C)C1CCC(C)=CC21. The molecule has 31 heavy (non-hydrogen) atoms. The van der Waals surface area contributed by atoms with E-state index < -0.39 is 0 Å². The molecule has 1 heterocycles. The Morgan fingerprint density at radius 2 is 1.94 bits per heavy atom. The number of carbonyl (C=O) groups excluding carboxylic acids is 1. The highest BCUT2D eigenvalue weighted by atomic mass is 16.5. The Morgan fingerprint density at radius 3 is 2.68 bits per heavy atom. The number of ether oxygens (including phenoxy) is 2. The minimum Gasteiger partial charge on any atom is -0.487 e. The molecule has 0 N–H and O–H groups in total. The summed E-state index contributed by atoms with van der Waals surface area (Å²) in [5.74, 6) is 1.79. The summed E-state index contributed by atoms with van der Waals surface area (Å²) in [6.45, 7) is 8.81. The molecule has 0 aromatic heterocycles. The molecule has 2 aliphatic rings. The second-order valence-corrected chi connectivity index (χ2v) is 9.61. The quantitative estimate of drug-likeness (QED) is 0.214. The van der Waals surface area contributed by atoms with Crippen molar-refractivity contribution in [2.45, 2.75) is 77.7 Å². The number of unbranched alkanes of at least 4 members (excludes halogenated alkanes) is 2. The van der Waals surface area contributed by atoms with Crippen LogP contribution in [0, 0.1) is 5.92 Å². The molecule has 0 bridgehead atoms. The van der Waals surface area contributed by atoms with E-state index in [0.717, 1.165) is 37.0 Å². The standard InChI is InChI=1S/C28H34O3/c1-5-6-8-11-20-17-24(30-27(29)21-12-9-7-10-13-21)26-22-16-19(2)14-15-23(22)28(3,4)31-25(26)18-20/h7,9-10,12-13,16-18,22-23H,5-6,8,11,14-15H2,1-4H3. The first-order valence-corrected chi connectivity index (χ1v) is 11.7. The molecule has 0 amide bonds. The number of fused-ring (bicyclic) bond motifs is 3. The molecule has 0 fully saturated rings. The molecule has 2 atom stereocenters. The fraction of sp³-hybridized carbons (Fsp3) is 0.464.